The van der Waals surface area contributed by atoms with Crippen molar-refractivity contribution < 1.29 is 29.6 Å². The molecule has 1 saturated carbocycles. The minimum atomic E-state index is -1.68. The summed E-state index contributed by atoms with van der Waals surface area (Å²) >= 11 is 1.45. The molecule has 2 amide bonds. The molecule has 5 atom stereocenters. The summed E-state index contributed by atoms with van der Waals surface area (Å²) in [6.07, 6.45) is 2.82. The van der Waals surface area contributed by atoms with E-state index in [9.17, 15) is 24.9 Å². The Morgan fingerprint density at radius 2 is 1.88 bits per heavy atom. The predicted molar refractivity (Wildman–Crippen MR) is 127 cm³/mol. The average Bonchev–Trinajstić information content (AvgIpc) is 2.95. The van der Waals surface area contributed by atoms with Gasteiger partial charge in [0, 0.05) is 24.8 Å². The highest BCUT2D eigenvalue weighted by molar-refractivity contribution is 7.99. The first kappa shape index (κ1) is 25.7. The molecule has 182 valence electrons. The van der Waals surface area contributed by atoms with E-state index >= 15 is 0 Å². The van der Waals surface area contributed by atoms with Gasteiger partial charge in [0.1, 0.15) is 24.4 Å². The SMILES string of the molecule is CO[C@@H](C(=O)N[C@H]1CSc2ccccc2N(C)C1=O)[C@H](O)[C@@H](O)[C@H](O)C=CC1CCCCC1. The number of aliphatic hydroxyl groups is 3. The van der Waals surface area contributed by atoms with E-state index in [1.807, 2.05) is 30.3 Å². The monoisotopic (exact) mass is 478 g/mol. The number of aliphatic hydroxyl groups excluding tert-OH is 3. The molecule has 9 heteroatoms. The highest BCUT2D eigenvalue weighted by atomic mass is 32.2. The van der Waals surface area contributed by atoms with E-state index in [-0.39, 0.29) is 5.91 Å². The highest BCUT2D eigenvalue weighted by Gasteiger charge is 2.38. The standard InChI is InChI=1S/C24H34N2O6S/c1-26-17-10-6-7-11-19(17)33-14-16(24(26)31)25-23(30)22(32-2)21(29)20(28)18(27)13-12-15-8-4-3-5-9-15/h6-7,10-13,15-16,18,20-22,27-29H,3-5,8-9,14H2,1-2H3,(H,25,30)/t16-,18+,20-,21+,22+/m0/s1. The number of hydrogen-bond acceptors (Lipinski definition) is 7. The molecular weight excluding hydrogens is 444 g/mol. The highest BCUT2D eigenvalue weighted by Crippen LogP contribution is 2.33. The number of fused-ring (bicyclic) bond motifs is 1. The Morgan fingerprint density at radius 3 is 2.58 bits per heavy atom. The van der Waals surface area contributed by atoms with Gasteiger partial charge in [-0.2, -0.15) is 0 Å². The molecule has 0 unspecified atom stereocenters. The zero-order chi connectivity index (χ0) is 24.0. The molecule has 4 N–H and O–H groups in total. The van der Waals surface area contributed by atoms with Gasteiger partial charge in [0.25, 0.3) is 5.91 Å². The number of nitrogens with zero attached hydrogens (tertiary/aromatic N) is 1. The van der Waals surface area contributed by atoms with Crippen LogP contribution in [-0.2, 0) is 14.3 Å². The van der Waals surface area contributed by atoms with Gasteiger partial charge in [-0.1, -0.05) is 43.5 Å². The molecule has 1 aliphatic heterocycles. The number of amides is 2. The lowest BCUT2D eigenvalue weighted by atomic mass is 9.88. The van der Waals surface area contributed by atoms with Crippen LogP contribution in [0.1, 0.15) is 32.1 Å². The molecule has 1 aliphatic carbocycles. The third kappa shape index (κ3) is 6.36. The molecule has 33 heavy (non-hydrogen) atoms. The number of hydrogen-bond donors (Lipinski definition) is 4. The summed E-state index contributed by atoms with van der Waals surface area (Å²) in [5.41, 5.74) is 0.760. The van der Waals surface area contributed by atoms with Crippen molar-refractivity contribution >= 4 is 29.3 Å². The number of ether oxygens (including phenoxy) is 1. The summed E-state index contributed by atoms with van der Waals surface area (Å²) < 4.78 is 5.15. The van der Waals surface area contributed by atoms with E-state index in [0.29, 0.717) is 11.7 Å². The van der Waals surface area contributed by atoms with Crippen molar-refractivity contribution in [1.82, 2.24) is 5.32 Å². The van der Waals surface area contributed by atoms with Crippen LogP contribution in [0, 0.1) is 5.92 Å². The van der Waals surface area contributed by atoms with Gasteiger partial charge in [0.2, 0.25) is 5.91 Å². The van der Waals surface area contributed by atoms with Crippen molar-refractivity contribution in [3.05, 3.63) is 36.4 Å². The van der Waals surface area contributed by atoms with Crippen molar-refractivity contribution in [2.75, 3.05) is 24.8 Å². The third-order valence-corrected chi connectivity index (χ3v) is 7.49. The van der Waals surface area contributed by atoms with E-state index < -0.39 is 36.4 Å². The Kier molecular flexibility index (Phi) is 9.34. The molecule has 0 spiro atoms. The summed E-state index contributed by atoms with van der Waals surface area (Å²) in [5, 5.41) is 34.0. The van der Waals surface area contributed by atoms with E-state index in [1.54, 1.807) is 7.05 Å². The lowest BCUT2D eigenvalue weighted by molar-refractivity contribution is -0.150. The first-order valence-corrected chi connectivity index (χ1v) is 12.4. The summed E-state index contributed by atoms with van der Waals surface area (Å²) in [7, 11) is 2.88. The number of likely N-dealkylation sites (N-methyl/N-ethyl adjacent to an activating group) is 1. The van der Waals surface area contributed by atoms with E-state index in [0.717, 1.165) is 36.3 Å². The van der Waals surface area contributed by atoms with Crippen LogP contribution in [0.4, 0.5) is 5.69 Å². The summed E-state index contributed by atoms with van der Waals surface area (Å²) in [5.74, 6) is -0.362. The summed E-state index contributed by atoms with van der Waals surface area (Å²) in [6, 6.07) is 6.64. The van der Waals surface area contributed by atoms with Crippen LogP contribution >= 0.6 is 11.8 Å². The van der Waals surface area contributed by atoms with Crippen LogP contribution in [0.2, 0.25) is 0 Å². The van der Waals surface area contributed by atoms with Crippen LogP contribution in [0.25, 0.3) is 0 Å². The van der Waals surface area contributed by atoms with E-state index in [4.69, 9.17) is 4.74 Å². The second-order valence-corrected chi connectivity index (χ2v) is 9.71. The van der Waals surface area contributed by atoms with Gasteiger partial charge in [-0.05, 0) is 30.9 Å². The Labute approximate surface area is 199 Å². The molecule has 1 fully saturated rings. The van der Waals surface area contributed by atoms with Gasteiger partial charge in [-0.3, -0.25) is 9.59 Å². The fourth-order valence-electron chi connectivity index (χ4n) is 4.30. The van der Waals surface area contributed by atoms with Crippen LogP contribution in [0.15, 0.2) is 41.3 Å². The largest absolute Gasteiger partial charge is 0.387 e. The van der Waals surface area contributed by atoms with Crippen LogP contribution in [-0.4, -0.2) is 77.5 Å². The smallest absolute Gasteiger partial charge is 0.252 e. The number of methoxy groups -OCH3 is 1. The van der Waals surface area contributed by atoms with Crippen LogP contribution in [0.3, 0.4) is 0 Å². The Morgan fingerprint density at radius 1 is 1.18 bits per heavy atom. The molecule has 0 radical (unpaired) electrons. The number of allylic oxidation sites excluding steroid dienone is 1. The molecule has 8 nitrogen and oxygen atoms in total. The lowest BCUT2D eigenvalue weighted by Crippen LogP contribution is -2.56. The van der Waals surface area contributed by atoms with Crippen LogP contribution < -0.4 is 10.2 Å². The molecule has 1 aromatic rings. The maximum Gasteiger partial charge on any atom is 0.252 e. The van der Waals surface area contributed by atoms with Crippen LogP contribution in [0.5, 0.6) is 0 Å². The second kappa shape index (κ2) is 12.0. The second-order valence-electron chi connectivity index (χ2n) is 8.65. The summed E-state index contributed by atoms with van der Waals surface area (Å²) in [6.45, 7) is 0. The first-order valence-electron chi connectivity index (χ1n) is 11.4. The maximum absolute atomic E-state index is 12.9. The topological polar surface area (TPSA) is 119 Å². The fraction of sp³-hybridized carbons (Fsp3) is 0.583. The summed E-state index contributed by atoms with van der Waals surface area (Å²) in [4.78, 5) is 28.2. The molecule has 0 saturated heterocycles. The van der Waals surface area contributed by atoms with Gasteiger partial charge in [0.05, 0.1) is 5.69 Å². The molecule has 0 bridgehead atoms. The van der Waals surface area contributed by atoms with Gasteiger partial charge in [-0.15, -0.1) is 11.8 Å². The number of thioether (sulfide) groups is 1. The Hall–Kier alpha value is -1.91. The number of para-hydroxylation sites is 1. The van der Waals surface area contributed by atoms with E-state index in [1.165, 1.54) is 36.3 Å². The molecule has 0 aromatic heterocycles. The minimum absolute atomic E-state index is 0.291. The van der Waals surface area contributed by atoms with Gasteiger partial charge < -0.3 is 30.3 Å². The number of benzene rings is 1. The quantitative estimate of drug-likeness (QED) is 0.418. The fourth-order valence-corrected chi connectivity index (χ4v) is 5.40. The maximum atomic E-state index is 12.9. The Balaban J connectivity index is 1.61. The molecular formula is C24H34N2O6S. The number of carbonyl (C=O) groups excluding carboxylic acids is 2. The van der Waals surface area contributed by atoms with E-state index in [2.05, 4.69) is 5.32 Å². The van der Waals surface area contributed by atoms with Crippen molar-refractivity contribution in [2.24, 2.45) is 5.92 Å². The van der Waals surface area contributed by atoms with Gasteiger partial charge in [-0.25, -0.2) is 0 Å². The third-order valence-electron chi connectivity index (χ3n) is 6.33. The molecule has 1 aromatic carbocycles. The normalized spacial score (nSPS) is 23.5. The lowest BCUT2D eigenvalue weighted by Gasteiger charge is -2.29. The average molecular weight is 479 g/mol. The van der Waals surface area contributed by atoms with Crippen molar-refractivity contribution in [2.45, 2.75) is 67.5 Å². The molecule has 3 rings (SSSR count). The number of carbonyl (C=O) groups is 2. The zero-order valence-electron chi connectivity index (χ0n) is 19.1. The number of nitrogens with one attached hydrogen (secondary N) is 1. The van der Waals surface area contributed by atoms with Gasteiger partial charge >= 0.3 is 0 Å². The molecule has 1 heterocycles. The Bertz CT molecular complexity index is 844. The van der Waals surface area contributed by atoms with Crippen molar-refractivity contribution in [3.8, 4) is 0 Å². The minimum Gasteiger partial charge on any atom is -0.387 e. The van der Waals surface area contributed by atoms with Crippen molar-refractivity contribution in [1.29, 1.82) is 0 Å². The van der Waals surface area contributed by atoms with Crippen molar-refractivity contribution in [3.63, 3.8) is 0 Å². The first-order chi connectivity index (χ1) is 15.8. The van der Waals surface area contributed by atoms with Gasteiger partial charge in [0.15, 0.2) is 6.10 Å². The zero-order valence-corrected chi connectivity index (χ0v) is 19.9. The predicted octanol–water partition coefficient (Wildman–Crippen LogP) is 1.47. The number of rotatable bonds is 8. The number of anilines is 1. The molecule has 2 aliphatic rings.